The number of aryl methyl sites for hydroxylation is 1. The van der Waals surface area contributed by atoms with E-state index in [0.29, 0.717) is 6.04 Å². The van der Waals surface area contributed by atoms with Gasteiger partial charge in [-0.15, -0.1) is 0 Å². The number of benzene rings is 1. The topological polar surface area (TPSA) is 41.1 Å². The maximum Gasteiger partial charge on any atom is 0.144 e. The maximum atomic E-state index is 4.45. The fourth-order valence-electron chi connectivity index (χ4n) is 2.92. The average Bonchev–Trinajstić information content (AvgIpc) is 2.93. The van der Waals surface area contributed by atoms with Gasteiger partial charge in [0.25, 0.3) is 0 Å². The summed E-state index contributed by atoms with van der Waals surface area (Å²) in [6.45, 7) is 5.12. The normalized spacial score (nSPS) is 18.8. The fraction of sp³-hybridized carbons (Fsp3) is 0.412. The lowest BCUT2D eigenvalue weighted by atomic mass is 10.2. The van der Waals surface area contributed by atoms with Crippen LogP contribution in [0.15, 0.2) is 42.7 Å². The SMILES string of the molecule is Cc1cncc(NCC2CCCN2Cc2ccccc2)n1. The number of nitrogens with zero attached hydrogens (tertiary/aromatic N) is 3. The van der Waals surface area contributed by atoms with Crippen LogP contribution in [-0.4, -0.2) is 34.0 Å². The molecule has 1 fully saturated rings. The first-order chi connectivity index (χ1) is 10.3. The Morgan fingerprint density at radius 2 is 2.10 bits per heavy atom. The van der Waals surface area contributed by atoms with E-state index in [4.69, 9.17) is 0 Å². The van der Waals surface area contributed by atoms with Crippen molar-refractivity contribution in [1.82, 2.24) is 14.9 Å². The number of hydrogen-bond donors (Lipinski definition) is 1. The minimum Gasteiger partial charge on any atom is -0.367 e. The van der Waals surface area contributed by atoms with Gasteiger partial charge in [-0.3, -0.25) is 9.88 Å². The number of aromatic nitrogens is 2. The molecule has 1 atom stereocenters. The van der Waals surface area contributed by atoms with Gasteiger partial charge >= 0.3 is 0 Å². The van der Waals surface area contributed by atoms with Crippen LogP contribution in [0, 0.1) is 6.92 Å². The lowest BCUT2D eigenvalue weighted by Gasteiger charge is -2.25. The molecule has 0 saturated carbocycles. The van der Waals surface area contributed by atoms with Crippen molar-refractivity contribution >= 4 is 5.82 Å². The molecule has 3 rings (SSSR count). The minimum atomic E-state index is 0.576. The van der Waals surface area contributed by atoms with Gasteiger partial charge in [-0.25, -0.2) is 4.98 Å². The lowest BCUT2D eigenvalue weighted by Crippen LogP contribution is -2.34. The highest BCUT2D eigenvalue weighted by Gasteiger charge is 2.24. The second-order valence-electron chi connectivity index (χ2n) is 5.68. The van der Waals surface area contributed by atoms with Crippen LogP contribution >= 0.6 is 0 Å². The first kappa shape index (κ1) is 14.0. The summed E-state index contributed by atoms with van der Waals surface area (Å²) in [5.74, 6) is 0.876. The molecular formula is C17H22N4. The third-order valence-electron chi connectivity index (χ3n) is 4.00. The summed E-state index contributed by atoms with van der Waals surface area (Å²) in [4.78, 5) is 11.2. The first-order valence-corrected chi connectivity index (χ1v) is 7.62. The Bertz CT molecular complexity index is 570. The minimum absolute atomic E-state index is 0.576. The summed E-state index contributed by atoms with van der Waals surface area (Å²) < 4.78 is 0. The molecule has 1 unspecified atom stereocenters. The molecule has 21 heavy (non-hydrogen) atoms. The van der Waals surface area contributed by atoms with Gasteiger partial charge < -0.3 is 5.32 Å². The molecule has 1 N–H and O–H groups in total. The van der Waals surface area contributed by atoms with Crippen molar-refractivity contribution in [2.24, 2.45) is 0 Å². The standard InChI is InChI=1S/C17H22N4/c1-14-10-18-12-17(20-14)19-11-16-8-5-9-21(16)13-15-6-3-2-4-7-15/h2-4,6-7,10,12,16H,5,8-9,11,13H2,1H3,(H,19,20). The molecule has 4 nitrogen and oxygen atoms in total. The van der Waals surface area contributed by atoms with Gasteiger partial charge in [-0.1, -0.05) is 30.3 Å². The summed E-state index contributed by atoms with van der Waals surface area (Å²) >= 11 is 0. The van der Waals surface area contributed by atoms with Crippen LogP contribution in [-0.2, 0) is 6.54 Å². The van der Waals surface area contributed by atoms with E-state index < -0.39 is 0 Å². The first-order valence-electron chi connectivity index (χ1n) is 7.62. The predicted octanol–water partition coefficient (Wildman–Crippen LogP) is 2.86. The molecule has 110 valence electrons. The summed E-state index contributed by atoms with van der Waals surface area (Å²) in [7, 11) is 0. The smallest absolute Gasteiger partial charge is 0.144 e. The molecule has 2 aromatic rings. The van der Waals surface area contributed by atoms with Crippen LogP contribution in [0.3, 0.4) is 0 Å². The van der Waals surface area contributed by atoms with Crippen molar-refractivity contribution in [3.63, 3.8) is 0 Å². The maximum absolute atomic E-state index is 4.45. The van der Waals surface area contributed by atoms with Gasteiger partial charge in [-0.05, 0) is 31.9 Å². The predicted molar refractivity (Wildman–Crippen MR) is 85.1 cm³/mol. The van der Waals surface area contributed by atoms with E-state index in [1.54, 1.807) is 12.4 Å². The van der Waals surface area contributed by atoms with Crippen molar-refractivity contribution in [2.45, 2.75) is 32.4 Å². The molecular weight excluding hydrogens is 260 g/mol. The van der Waals surface area contributed by atoms with E-state index in [-0.39, 0.29) is 0 Å². The summed E-state index contributed by atoms with van der Waals surface area (Å²) in [5, 5.41) is 3.43. The summed E-state index contributed by atoms with van der Waals surface area (Å²) in [6, 6.07) is 11.3. The monoisotopic (exact) mass is 282 g/mol. The third-order valence-corrected chi connectivity index (χ3v) is 4.00. The average molecular weight is 282 g/mol. The lowest BCUT2D eigenvalue weighted by molar-refractivity contribution is 0.254. The van der Waals surface area contributed by atoms with E-state index in [0.717, 1.165) is 24.6 Å². The molecule has 0 spiro atoms. The fourth-order valence-corrected chi connectivity index (χ4v) is 2.92. The van der Waals surface area contributed by atoms with Gasteiger partial charge in [0, 0.05) is 25.3 Å². The Labute approximate surface area is 126 Å². The van der Waals surface area contributed by atoms with Gasteiger partial charge in [-0.2, -0.15) is 0 Å². The van der Waals surface area contributed by atoms with Crippen LogP contribution in [0.1, 0.15) is 24.1 Å². The zero-order chi connectivity index (χ0) is 14.5. The summed E-state index contributed by atoms with van der Waals surface area (Å²) in [6.07, 6.45) is 6.10. The molecule has 1 aromatic heterocycles. The number of rotatable bonds is 5. The van der Waals surface area contributed by atoms with E-state index in [1.807, 2.05) is 6.92 Å². The molecule has 0 aliphatic carbocycles. The highest BCUT2D eigenvalue weighted by molar-refractivity contribution is 5.31. The molecule has 0 radical (unpaired) electrons. The number of nitrogens with one attached hydrogen (secondary N) is 1. The van der Waals surface area contributed by atoms with Crippen LogP contribution in [0.4, 0.5) is 5.82 Å². The largest absolute Gasteiger partial charge is 0.367 e. The number of likely N-dealkylation sites (tertiary alicyclic amines) is 1. The van der Waals surface area contributed by atoms with E-state index >= 15 is 0 Å². The van der Waals surface area contributed by atoms with Crippen LogP contribution in [0.5, 0.6) is 0 Å². The van der Waals surface area contributed by atoms with Crippen molar-refractivity contribution < 1.29 is 0 Å². The van der Waals surface area contributed by atoms with Crippen LogP contribution in [0.25, 0.3) is 0 Å². The molecule has 1 aliphatic rings. The Morgan fingerprint density at radius 3 is 2.90 bits per heavy atom. The zero-order valence-electron chi connectivity index (χ0n) is 12.5. The van der Waals surface area contributed by atoms with Gasteiger partial charge in [0.2, 0.25) is 0 Å². The Morgan fingerprint density at radius 1 is 1.24 bits per heavy atom. The zero-order valence-corrected chi connectivity index (χ0v) is 12.5. The molecule has 1 aromatic carbocycles. The van der Waals surface area contributed by atoms with Gasteiger partial charge in [0.05, 0.1) is 11.9 Å². The Balaban J connectivity index is 1.57. The third kappa shape index (κ3) is 3.79. The molecule has 1 aliphatic heterocycles. The molecule has 2 heterocycles. The summed E-state index contributed by atoms with van der Waals surface area (Å²) in [5.41, 5.74) is 2.34. The number of anilines is 1. The van der Waals surface area contributed by atoms with E-state index in [9.17, 15) is 0 Å². The highest BCUT2D eigenvalue weighted by atomic mass is 15.2. The van der Waals surface area contributed by atoms with Crippen molar-refractivity contribution in [3.8, 4) is 0 Å². The second-order valence-corrected chi connectivity index (χ2v) is 5.68. The van der Waals surface area contributed by atoms with E-state index in [1.165, 1.54) is 24.9 Å². The van der Waals surface area contributed by atoms with E-state index in [2.05, 4.69) is 50.5 Å². The molecule has 0 bridgehead atoms. The Hall–Kier alpha value is -1.94. The van der Waals surface area contributed by atoms with Crippen LogP contribution in [0.2, 0.25) is 0 Å². The highest BCUT2D eigenvalue weighted by Crippen LogP contribution is 2.20. The van der Waals surface area contributed by atoms with Crippen molar-refractivity contribution in [3.05, 3.63) is 54.0 Å². The van der Waals surface area contributed by atoms with Gasteiger partial charge in [0.1, 0.15) is 5.82 Å². The molecule has 0 amide bonds. The van der Waals surface area contributed by atoms with Gasteiger partial charge in [0.15, 0.2) is 0 Å². The van der Waals surface area contributed by atoms with Crippen molar-refractivity contribution in [1.29, 1.82) is 0 Å². The van der Waals surface area contributed by atoms with Crippen LogP contribution < -0.4 is 5.32 Å². The Kier molecular flexibility index (Phi) is 4.46. The van der Waals surface area contributed by atoms with Crippen molar-refractivity contribution in [2.75, 3.05) is 18.4 Å². The molecule has 1 saturated heterocycles. The molecule has 4 heteroatoms. The second kappa shape index (κ2) is 6.68. The number of hydrogen-bond acceptors (Lipinski definition) is 4. The quantitative estimate of drug-likeness (QED) is 0.915.